The number of alkyl halides is 2. The Morgan fingerprint density at radius 2 is 1.56 bits per heavy atom. The normalized spacial score (nSPS) is 18.9. The second kappa shape index (κ2) is 3.43. The van der Waals surface area contributed by atoms with E-state index in [0.29, 0.717) is 0 Å². The summed E-state index contributed by atoms with van der Waals surface area (Å²) in [5.41, 5.74) is -1.13. The first-order valence-corrected chi connectivity index (χ1v) is 4.35. The minimum Gasteiger partial charge on any atom is -0.206 e. The average Bonchev–Trinajstić information content (AvgIpc) is 2.43. The summed E-state index contributed by atoms with van der Waals surface area (Å²) >= 11 is 0. The summed E-state index contributed by atoms with van der Waals surface area (Å²) in [6.45, 7) is 0. The van der Waals surface area contributed by atoms with Crippen LogP contribution >= 0.6 is 0 Å². The van der Waals surface area contributed by atoms with Crippen molar-refractivity contribution < 1.29 is 22.0 Å². The Kier molecular flexibility index (Phi) is 2.33. The van der Waals surface area contributed by atoms with Crippen molar-refractivity contribution in [3.63, 3.8) is 0 Å². The third kappa shape index (κ3) is 1.52. The molecule has 0 aliphatic heterocycles. The summed E-state index contributed by atoms with van der Waals surface area (Å²) in [5, 5.41) is 0. The van der Waals surface area contributed by atoms with E-state index >= 15 is 0 Å². The van der Waals surface area contributed by atoms with Gasteiger partial charge in [-0.3, -0.25) is 0 Å². The van der Waals surface area contributed by atoms with Crippen molar-refractivity contribution in [2.45, 2.75) is 5.92 Å². The molecule has 0 nitrogen and oxygen atoms in total. The zero-order valence-corrected chi connectivity index (χ0v) is 7.78. The van der Waals surface area contributed by atoms with Gasteiger partial charge in [0.15, 0.2) is 5.83 Å². The standard InChI is InChI=1S/C11H5F5/c12-8-4-2-1-3-6(8)7-5-11(15,16)10(14)9(7)13/h1-5H. The van der Waals surface area contributed by atoms with Gasteiger partial charge in [0.05, 0.1) is 0 Å². The van der Waals surface area contributed by atoms with Crippen LogP contribution in [0.1, 0.15) is 5.56 Å². The van der Waals surface area contributed by atoms with Gasteiger partial charge in [-0.05, 0) is 6.07 Å². The predicted octanol–water partition coefficient (Wildman–Crippen LogP) is 4.01. The molecule has 0 spiro atoms. The third-order valence-electron chi connectivity index (χ3n) is 2.21. The fraction of sp³-hybridized carbons (Fsp3) is 0.0909. The second-order valence-electron chi connectivity index (χ2n) is 3.29. The van der Waals surface area contributed by atoms with Gasteiger partial charge in [-0.25, -0.2) is 13.2 Å². The molecule has 0 saturated carbocycles. The van der Waals surface area contributed by atoms with Crippen molar-refractivity contribution in [2.75, 3.05) is 0 Å². The van der Waals surface area contributed by atoms with Crippen LogP contribution in [0.15, 0.2) is 42.0 Å². The topological polar surface area (TPSA) is 0 Å². The Bertz CT molecular complexity index is 499. The summed E-state index contributed by atoms with van der Waals surface area (Å²) in [4.78, 5) is 0. The smallest absolute Gasteiger partial charge is 0.206 e. The lowest BCUT2D eigenvalue weighted by molar-refractivity contribution is 0.0720. The Labute approximate surface area is 87.7 Å². The summed E-state index contributed by atoms with van der Waals surface area (Å²) in [6.07, 6.45) is 0.0794. The van der Waals surface area contributed by atoms with Crippen LogP contribution in [0.2, 0.25) is 0 Å². The summed E-state index contributed by atoms with van der Waals surface area (Å²) in [6, 6.07) is 4.76. The van der Waals surface area contributed by atoms with E-state index < -0.39 is 29.0 Å². The molecule has 1 aliphatic rings. The molecule has 0 aromatic heterocycles. The van der Waals surface area contributed by atoms with E-state index in [0.717, 1.165) is 12.1 Å². The van der Waals surface area contributed by atoms with Crippen LogP contribution in [0, 0.1) is 5.82 Å². The average molecular weight is 232 g/mol. The molecule has 0 N–H and O–H groups in total. The van der Waals surface area contributed by atoms with Gasteiger partial charge in [-0.1, -0.05) is 18.2 Å². The minimum atomic E-state index is -4.00. The van der Waals surface area contributed by atoms with Crippen molar-refractivity contribution in [3.05, 3.63) is 53.4 Å². The van der Waals surface area contributed by atoms with Gasteiger partial charge in [0.1, 0.15) is 5.82 Å². The molecule has 0 amide bonds. The molecular weight excluding hydrogens is 227 g/mol. The number of allylic oxidation sites excluding steroid dienone is 4. The fourth-order valence-electron chi connectivity index (χ4n) is 1.45. The van der Waals surface area contributed by atoms with Crippen LogP contribution in [0.4, 0.5) is 22.0 Å². The lowest BCUT2D eigenvalue weighted by Gasteiger charge is -2.02. The van der Waals surface area contributed by atoms with Gasteiger partial charge < -0.3 is 0 Å². The maximum absolute atomic E-state index is 13.2. The molecule has 1 aromatic rings. The Morgan fingerprint density at radius 3 is 2.06 bits per heavy atom. The molecule has 0 radical (unpaired) electrons. The Balaban J connectivity index is 2.58. The summed E-state index contributed by atoms with van der Waals surface area (Å²) in [5.74, 6) is -8.77. The van der Waals surface area contributed by atoms with E-state index in [1.54, 1.807) is 0 Å². The van der Waals surface area contributed by atoms with Crippen LogP contribution in [0.3, 0.4) is 0 Å². The van der Waals surface area contributed by atoms with Crippen molar-refractivity contribution in [2.24, 2.45) is 0 Å². The van der Waals surface area contributed by atoms with Gasteiger partial charge in [-0.2, -0.15) is 8.78 Å². The number of rotatable bonds is 1. The van der Waals surface area contributed by atoms with Crippen LogP contribution in [0.5, 0.6) is 0 Å². The highest BCUT2D eigenvalue weighted by molar-refractivity contribution is 5.82. The monoisotopic (exact) mass is 232 g/mol. The number of benzene rings is 1. The summed E-state index contributed by atoms with van der Waals surface area (Å²) in [7, 11) is 0. The van der Waals surface area contributed by atoms with E-state index in [4.69, 9.17) is 0 Å². The molecule has 0 saturated heterocycles. The van der Waals surface area contributed by atoms with E-state index in [1.807, 2.05) is 0 Å². The van der Waals surface area contributed by atoms with Crippen molar-refractivity contribution in [3.8, 4) is 0 Å². The number of halogens is 5. The SMILES string of the molecule is FC1=C(F)C(F)(F)C=C1c1ccccc1F. The maximum Gasteiger partial charge on any atom is 0.321 e. The molecule has 5 heteroatoms. The molecule has 16 heavy (non-hydrogen) atoms. The van der Waals surface area contributed by atoms with Crippen LogP contribution < -0.4 is 0 Å². The first-order valence-electron chi connectivity index (χ1n) is 4.35. The molecule has 1 aliphatic carbocycles. The first kappa shape index (κ1) is 10.9. The fourth-order valence-corrected chi connectivity index (χ4v) is 1.45. The van der Waals surface area contributed by atoms with Crippen molar-refractivity contribution in [1.29, 1.82) is 0 Å². The van der Waals surface area contributed by atoms with E-state index in [1.165, 1.54) is 12.1 Å². The molecule has 0 heterocycles. The van der Waals surface area contributed by atoms with E-state index in [9.17, 15) is 22.0 Å². The van der Waals surface area contributed by atoms with Crippen molar-refractivity contribution in [1.82, 2.24) is 0 Å². The molecule has 0 fully saturated rings. The minimum absolute atomic E-state index is 0.0794. The highest BCUT2D eigenvalue weighted by Crippen LogP contribution is 2.44. The Hall–Kier alpha value is -1.65. The zero-order valence-electron chi connectivity index (χ0n) is 7.78. The van der Waals surface area contributed by atoms with Gasteiger partial charge >= 0.3 is 5.92 Å². The molecule has 0 atom stereocenters. The van der Waals surface area contributed by atoms with Gasteiger partial charge in [-0.15, -0.1) is 0 Å². The number of hydrogen-bond donors (Lipinski definition) is 0. The highest BCUT2D eigenvalue weighted by atomic mass is 19.3. The predicted molar refractivity (Wildman–Crippen MR) is 48.6 cm³/mol. The Morgan fingerprint density at radius 1 is 0.938 bits per heavy atom. The van der Waals surface area contributed by atoms with Crippen LogP contribution in [-0.4, -0.2) is 5.92 Å². The second-order valence-corrected chi connectivity index (χ2v) is 3.29. The summed E-state index contributed by atoms with van der Waals surface area (Å²) < 4.78 is 64.6. The maximum atomic E-state index is 13.2. The van der Waals surface area contributed by atoms with Gasteiger partial charge in [0.2, 0.25) is 5.83 Å². The largest absolute Gasteiger partial charge is 0.321 e. The van der Waals surface area contributed by atoms with Gasteiger partial charge in [0, 0.05) is 17.2 Å². The molecule has 0 unspecified atom stereocenters. The molecule has 1 aromatic carbocycles. The third-order valence-corrected chi connectivity index (χ3v) is 2.21. The lowest BCUT2D eigenvalue weighted by Crippen LogP contribution is -2.09. The molecule has 2 rings (SSSR count). The van der Waals surface area contributed by atoms with Crippen molar-refractivity contribution >= 4 is 5.57 Å². The molecule has 0 bridgehead atoms. The van der Waals surface area contributed by atoms with E-state index in [2.05, 4.69) is 0 Å². The lowest BCUT2D eigenvalue weighted by atomic mass is 10.1. The molecule has 84 valence electrons. The molecular formula is C11H5F5. The van der Waals surface area contributed by atoms with Crippen LogP contribution in [0.25, 0.3) is 5.57 Å². The first-order chi connectivity index (χ1) is 7.43. The van der Waals surface area contributed by atoms with Crippen LogP contribution in [-0.2, 0) is 0 Å². The van der Waals surface area contributed by atoms with Gasteiger partial charge in [0.25, 0.3) is 0 Å². The van der Waals surface area contributed by atoms with E-state index in [-0.39, 0.29) is 11.6 Å². The number of hydrogen-bond acceptors (Lipinski definition) is 0. The highest BCUT2D eigenvalue weighted by Gasteiger charge is 2.43. The zero-order chi connectivity index (χ0) is 11.9. The quantitative estimate of drug-likeness (QED) is 0.642.